The topological polar surface area (TPSA) is 109 Å². The number of hydrogen-bond donors (Lipinski definition) is 2. The largest absolute Gasteiger partial charge is 0.325 e. The van der Waals surface area contributed by atoms with Crippen LogP contribution in [0.2, 0.25) is 0 Å². The van der Waals surface area contributed by atoms with E-state index in [9.17, 15) is 21.6 Å². The molecule has 23 heavy (non-hydrogen) atoms. The Balaban J connectivity index is 1.91. The fourth-order valence-electron chi connectivity index (χ4n) is 3.04. The predicted molar refractivity (Wildman–Crippen MR) is 85.5 cm³/mol. The first-order valence-electron chi connectivity index (χ1n) is 7.21. The molecule has 0 bridgehead atoms. The van der Waals surface area contributed by atoms with Gasteiger partial charge in [-0.05, 0) is 44.0 Å². The summed E-state index contributed by atoms with van der Waals surface area (Å²) < 4.78 is 50.9. The number of benzene rings is 1. The molecule has 7 nitrogen and oxygen atoms in total. The molecule has 1 amide bonds. The van der Waals surface area contributed by atoms with Crippen molar-refractivity contribution in [3.8, 4) is 0 Å². The zero-order valence-electron chi connectivity index (χ0n) is 12.8. The van der Waals surface area contributed by atoms with Crippen molar-refractivity contribution in [2.45, 2.75) is 36.6 Å². The van der Waals surface area contributed by atoms with Crippen LogP contribution in [-0.4, -0.2) is 39.8 Å². The van der Waals surface area contributed by atoms with Crippen LogP contribution in [0.4, 0.5) is 5.69 Å². The molecule has 0 spiro atoms. The summed E-state index contributed by atoms with van der Waals surface area (Å²) in [5, 5.41) is 2.68. The van der Waals surface area contributed by atoms with Crippen LogP contribution in [0.15, 0.2) is 23.1 Å². The minimum Gasteiger partial charge on any atom is -0.325 e. The molecule has 0 aliphatic carbocycles. The van der Waals surface area contributed by atoms with Gasteiger partial charge < -0.3 is 5.32 Å². The third-order valence-corrected chi connectivity index (χ3v) is 7.87. The molecule has 1 fully saturated rings. The number of hydrogen-bond acceptors (Lipinski definition) is 5. The van der Waals surface area contributed by atoms with Crippen LogP contribution in [0.1, 0.15) is 31.7 Å². The molecule has 3 rings (SSSR count). The Labute approximate surface area is 135 Å². The van der Waals surface area contributed by atoms with Gasteiger partial charge in [0.25, 0.3) is 0 Å². The third-order valence-electron chi connectivity index (χ3n) is 4.34. The van der Waals surface area contributed by atoms with E-state index in [0.29, 0.717) is 11.3 Å². The number of anilines is 1. The number of fused-ring (bicyclic) bond motifs is 1. The van der Waals surface area contributed by atoms with Crippen LogP contribution in [0.25, 0.3) is 0 Å². The maximum Gasteiger partial charge on any atom is 0.241 e. The molecule has 0 unspecified atom stereocenters. The van der Waals surface area contributed by atoms with Crippen molar-refractivity contribution in [3.05, 3.63) is 23.8 Å². The minimum absolute atomic E-state index is 0.0222. The van der Waals surface area contributed by atoms with Crippen molar-refractivity contribution >= 4 is 31.5 Å². The second-order valence-corrected chi connectivity index (χ2v) is 10.3. The Morgan fingerprint density at radius 3 is 2.65 bits per heavy atom. The van der Waals surface area contributed by atoms with Gasteiger partial charge in [-0.15, -0.1) is 0 Å². The van der Waals surface area contributed by atoms with Crippen LogP contribution < -0.4 is 10.0 Å². The Morgan fingerprint density at radius 2 is 2.04 bits per heavy atom. The van der Waals surface area contributed by atoms with Gasteiger partial charge in [-0.25, -0.2) is 21.6 Å². The third kappa shape index (κ3) is 3.00. The van der Waals surface area contributed by atoms with Gasteiger partial charge in [0.05, 0.1) is 22.3 Å². The summed E-state index contributed by atoms with van der Waals surface area (Å²) in [5.41, 5.74) is 0.231. The molecule has 2 aliphatic rings. The van der Waals surface area contributed by atoms with Crippen LogP contribution in [0.3, 0.4) is 0 Å². The van der Waals surface area contributed by atoms with Gasteiger partial charge >= 0.3 is 0 Å². The summed E-state index contributed by atoms with van der Waals surface area (Å²) in [6.07, 6.45) is 0.246. The number of carbonyl (C=O) groups excluding carboxylic acids is 1. The van der Waals surface area contributed by atoms with E-state index in [4.69, 9.17) is 0 Å². The zero-order valence-corrected chi connectivity index (χ0v) is 14.4. The van der Waals surface area contributed by atoms with Crippen LogP contribution in [-0.2, 0) is 24.7 Å². The molecule has 0 radical (unpaired) electrons. The standard InChI is InChI=1S/C14H18N2O5S2/c1-9-11-7-10(3-4-12(11)15-13(9)17)23(20,21)16-14(2)5-6-22(18,19)8-14/h3-4,7,9,16H,5-6,8H2,1-2H3,(H,15,17)/t9-,14+/m1/s1. The Kier molecular flexibility index (Phi) is 3.58. The Hall–Kier alpha value is -1.45. The van der Waals surface area contributed by atoms with Crippen LogP contribution >= 0.6 is 0 Å². The fourth-order valence-corrected chi connectivity index (χ4v) is 6.69. The first kappa shape index (κ1) is 16.4. The summed E-state index contributed by atoms with van der Waals surface area (Å²) in [5.74, 6) is -0.814. The summed E-state index contributed by atoms with van der Waals surface area (Å²) in [6.45, 7) is 3.30. The molecule has 0 aromatic heterocycles. The zero-order chi connectivity index (χ0) is 17.0. The molecule has 1 aromatic carbocycles. The highest BCUT2D eigenvalue weighted by molar-refractivity contribution is 7.92. The predicted octanol–water partition coefficient (Wildman–Crippen LogP) is 0.598. The normalized spacial score (nSPS) is 29.3. The van der Waals surface area contributed by atoms with Gasteiger partial charge in [-0.1, -0.05) is 0 Å². The highest BCUT2D eigenvalue weighted by Crippen LogP contribution is 2.34. The SMILES string of the molecule is C[C@H]1C(=O)Nc2ccc(S(=O)(=O)N[C@@]3(C)CCS(=O)(=O)C3)cc21. The van der Waals surface area contributed by atoms with Crippen molar-refractivity contribution in [2.24, 2.45) is 0 Å². The van der Waals surface area contributed by atoms with E-state index < -0.39 is 31.3 Å². The molecule has 126 valence electrons. The lowest BCUT2D eigenvalue weighted by Gasteiger charge is -2.23. The molecule has 2 aliphatic heterocycles. The summed E-state index contributed by atoms with van der Waals surface area (Å²) >= 11 is 0. The summed E-state index contributed by atoms with van der Waals surface area (Å²) in [6, 6.07) is 4.43. The second kappa shape index (κ2) is 5.02. The molecule has 9 heteroatoms. The number of sulfone groups is 1. The molecular weight excluding hydrogens is 340 g/mol. The number of rotatable bonds is 3. The summed E-state index contributed by atoms with van der Waals surface area (Å²) in [7, 11) is -7.08. The van der Waals surface area contributed by atoms with E-state index in [1.165, 1.54) is 12.1 Å². The Bertz CT molecular complexity index is 892. The second-order valence-electron chi connectivity index (χ2n) is 6.47. The maximum absolute atomic E-state index is 12.6. The van der Waals surface area contributed by atoms with Crippen molar-refractivity contribution in [1.82, 2.24) is 4.72 Å². The van der Waals surface area contributed by atoms with E-state index in [2.05, 4.69) is 10.0 Å². The van der Waals surface area contributed by atoms with Gasteiger partial charge in [0.2, 0.25) is 15.9 Å². The fraction of sp³-hybridized carbons (Fsp3) is 0.500. The number of nitrogens with one attached hydrogen (secondary N) is 2. The molecule has 2 heterocycles. The lowest BCUT2D eigenvalue weighted by atomic mass is 10.0. The van der Waals surface area contributed by atoms with Gasteiger partial charge in [-0.3, -0.25) is 4.79 Å². The smallest absolute Gasteiger partial charge is 0.241 e. The lowest BCUT2D eigenvalue weighted by molar-refractivity contribution is -0.116. The van der Waals surface area contributed by atoms with Gasteiger partial charge in [0.1, 0.15) is 0 Å². The summed E-state index contributed by atoms with van der Waals surface area (Å²) in [4.78, 5) is 11.7. The van der Waals surface area contributed by atoms with E-state index in [-0.39, 0.29) is 28.7 Å². The van der Waals surface area contributed by atoms with Crippen molar-refractivity contribution in [2.75, 3.05) is 16.8 Å². The first-order valence-corrected chi connectivity index (χ1v) is 10.5. The number of sulfonamides is 1. The average Bonchev–Trinajstić information content (AvgIpc) is 2.85. The first-order chi connectivity index (χ1) is 10.5. The number of carbonyl (C=O) groups is 1. The van der Waals surface area contributed by atoms with Gasteiger partial charge in [-0.2, -0.15) is 0 Å². The van der Waals surface area contributed by atoms with Gasteiger partial charge in [0, 0.05) is 11.2 Å². The Morgan fingerprint density at radius 1 is 1.35 bits per heavy atom. The molecule has 0 saturated carbocycles. The van der Waals surface area contributed by atoms with E-state index in [0.717, 1.165) is 0 Å². The quantitative estimate of drug-likeness (QED) is 0.822. The van der Waals surface area contributed by atoms with E-state index >= 15 is 0 Å². The molecule has 1 saturated heterocycles. The molecule has 2 atom stereocenters. The minimum atomic E-state index is -3.87. The lowest BCUT2D eigenvalue weighted by Crippen LogP contribution is -2.46. The molecule has 1 aromatic rings. The van der Waals surface area contributed by atoms with Crippen LogP contribution in [0, 0.1) is 0 Å². The van der Waals surface area contributed by atoms with Crippen molar-refractivity contribution in [1.29, 1.82) is 0 Å². The molecular formula is C14H18N2O5S2. The highest BCUT2D eigenvalue weighted by atomic mass is 32.2. The average molecular weight is 358 g/mol. The molecule has 2 N–H and O–H groups in total. The van der Waals surface area contributed by atoms with Gasteiger partial charge in [0.15, 0.2) is 9.84 Å². The van der Waals surface area contributed by atoms with E-state index in [1.54, 1.807) is 19.9 Å². The van der Waals surface area contributed by atoms with Crippen molar-refractivity contribution in [3.63, 3.8) is 0 Å². The maximum atomic E-state index is 12.6. The monoisotopic (exact) mass is 358 g/mol. The van der Waals surface area contributed by atoms with Crippen LogP contribution in [0.5, 0.6) is 0 Å². The number of amides is 1. The highest BCUT2D eigenvalue weighted by Gasteiger charge is 2.41. The van der Waals surface area contributed by atoms with Crippen molar-refractivity contribution < 1.29 is 21.6 Å². The van der Waals surface area contributed by atoms with E-state index in [1.807, 2.05) is 0 Å².